The molecule has 60 valence electrons. The molecule has 0 N–H and O–H groups in total. The van der Waals surface area contributed by atoms with Gasteiger partial charge in [0.25, 0.3) is 0 Å². The Morgan fingerprint density at radius 1 is 1.64 bits per heavy atom. The molecule has 0 unspecified atom stereocenters. The fourth-order valence-electron chi connectivity index (χ4n) is 1.81. The molecular formula is C9H13NO. The Morgan fingerprint density at radius 2 is 2.45 bits per heavy atom. The van der Waals surface area contributed by atoms with Crippen molar-refractivity contribution in [3.05, 3.63) is 12.2 Å². The van der Waals surface area contributed by atoms with E-state index in [1.165, 1.54) is 0 Å². The summed E-state index contributed by atoms with van der Waals surface area (Å²) in [7, 11) is 0. The van der Waals surface area contributed by atoms with E-state index in [1.54, 1.807) is 0 Å². The van der Waals surface area contributed by atoms with E-state index in [0.29, 0.717) is 6.10 Å². The Balaban J connectivity index is 2.28. The molecule has 0 radical (unpaired) electrons. The molecule has 1 aliphatic heterocycles. The number of nitrogens with zero attached hydrogens (tertiary/aromatic N) is 1. The Bertz CT molecular complexity index is 232. The van der Waals surface area contributed by atoms with E-state index in [9.17, 15) is 0 Å². The van der Waals surface area contributed by atoms with Crippen molar-refractivity contribution < 1.29 is 4.74 Å². The van der Waals surface area contributed by atoms with Crippen LogP contribution in [-0.4, -0.2) is 17.5 Å². The van der Waals surface area contributed by atoms with Crippen LogP contribution in [0.2, 0.25) is 0 Å². The first kappa shape index (κ1) is 6.89. The minimum absolute atomic E-state index is 0.0405. The number of aliphatic imine (C=N–C) groups is 1. The number of rotatable bonds is 0. The molecule has 1 aliphatic carbocycles. The minimum atomic E-state index is 0.0405. The summed E-state index contributed by atoms with van der Waals surface area (Å²) in [5.74, 6) is 0.848. The van der Waals surface area contributed by atoms with Crippen LogP contribution in [0.15, 0.2) is 17.1 Å². The molecular weight excluding hydrogens is 138 g/mol. The van der Waals surface area contributed by atoms with E-state index >= 15 is 0 Å². The summed E-state index contributed by atoms with van der Waals surface area (Å²) in [4.78, 5) is 4.49. The van der Waals surface area contributed by atoms with Gasteiger partial charge in [0, 0.05) is 13.3 Å². The molecule has 2 rings (SSSR count). The highest BCUT2D eigenvalue weighted by atomic mass is 16.5. The Labute approximate surface area is 67.0 Å². The number of ether oxygens (including phenoxy) is 1. The zero-order valence-corrected chi connectivity index (χ0v) is 7.00. The van der Waals surface area contributed by atoms with Gasteiger partial charge in [0.2, 0.25) is 0 Å². The number of hydrogen-bond acceptors (Lipinski definition) is 2. The maximum atomic E-state index is 5.57. The third-order valence-electron chi connectivity index (χ3n) is 2.47. The average Bonchev–Trinajstić information content (AvgIpc) is 2.22. The summed E-state index contributed by atoms with van der Waals surface area (Å²) in [5.41, 5.74) is 0.0405. The fourth-order valence-corrected chi connectivity index (χ4v) is 1.81. The zero-order chi connectivity index (χ0) is 7.90. The summed E-state index contributed by atoms with van der Waals surface area (Å²) in [6, 6.07) is 0. The van der Waals surface area contributed by atoms with Crippen LogP contribution in [0, 0.1) is 0 Å². The second-order valence-corrected chi connectivity index (χ2v) is 3.51. The van der Waals surface area contributed by atoms with E-state index in [-0.39, 0.29) is 5.54 Å². The fraction of sp³-hybridized carbons (Fsp3) is 0.667. The van der Waals surface area contributed by atoms with Crippen LogP contribution in [0.4, 0.5) is 0 Å². The van der Waals surface area contributed by atoms with E-state index < -0.39 is 0 Å². The third kappa shape index (κ3) is 0.971. The van der Waals surface area contributed by atoms with E-state index in [4.69, 9.17) is 4.74 Å². The minimum Gasteiger partial charge on any atom is -0.475 e. The van der Waals surface area contributed by atoms with Crippen molar-refractivity contribution >= 4 is 5.90 Å². The van der Waals surface area contributed by atoms with Crippen molar-refractivity contribution in [2.75, 3.05) is 0 Å². The topological polar surface area (TPSA) is 21.6 Å². The average molecular weight is 151 g/mol. The molecule has 0 bridgehead atoms. The van der Waals surface area contributed by atoms with Gasteiger partial charge >= 0.3 is 0 Å². The molecule has 2 nitrogen and oxygen atoms in total. The first-order valence-corrected chi connectivity index (χ1v) is 4.09. The maximum absolute atomic E-state index is 5.57. The van der Waals surface area contributed by atoms with Gasteiger partial charge in [-0.15, -0.1) is 0 Å². The maximum Gasteiger partial charge on any atom is 0.181 e. The van der Waals surface area contributed by atoms with Crippen LogP contribution in [0.5, 0.6) is 0 Å². The Kier molecular flexibility index (Phi) is 1.31. The first-order chi connectivity index (χ1) is 5.21. The number of hydrogen-bond donors (Lipinski definition) is 0. The van der Waals surface area contributed by atoms with Crippen LogP contribution in [0.25, 0.3) is 0 Å². The zero-order valence-electron chi connectivity index (χ0n) is 7.00. The molecule has 0 amide bonds. The standard InChI is InChI=1S/C9H13NO/c1-7-10-9(2)6-4-3-5-8(9)11-7/h3-4,8H,5-6H2,1-2H3/t8-,9+/m0/s1. The molecule has 11 heavy (non-hydrogen) atoms. The smallest absolute Gasteiger partial charge is 0.181 e. The van der Waals surface area contributed by atoms with Crippen molar-refractivity contribution in [2.24, 2.45) is 4.99 Å². The second-order valence-electron chi connectivity index (χ2n) is 3.51. The van der Waals surface area contributed by atoms with E-state index in [0.717, 1.165) is 18.7 Å². The third-order valence-corrected chi connectivity index (χ3v) is 2.47. The molecule has 0 saturated heterocycles. The lowest BCUT2D eigenvalue weighted by Gasteiger charge is -2.28. The van der Waals surface area contributed by atoms with Gasteiger partial charge in [0.1, 0.15) is 11.6 Å². The van der Waals surface area contributed by atoms with Gasteiger partial charge in [-0.2, -0.15) is 0 Å². The van der Waals surface area contributed by atoms with Crippen LogP contribution in [-0.2, 0) is 4.74 Å². The van der Waals surface area contributed by atoms with Gasteiger partial charge in [-0.25, -0.2) is 4.99 Å². The van der Waals surface area contributed by atoms with Gasteiger partial charge in [0.15, 0.2) is 5.90 Å². The molecule has 0 aromatic heterocycles. The molecule has 2 heteroatoms. The van der Waals surface area contributed by atoms with Crippen molar-refractivity contribution in [1.29, 1.82) is 0 Å². The van der Waals surface area contributed by atoms with Gasteiger partial charge in [-0.3, -0.25) is 0 Å². The second kappa shape index (κ2) is 2.10. The van der Waals surface area contributed by atoms with Crippen LogP contribution >= 0.6 is 0 Å². The van der Waals surface area contributed by atoms with E-state index in [2.05, 4.69) is 24.1 Å². The predicted molar refractivity (Wildman–Crippen MR) is 44.8 cm³/mol. The molecule has 1 heterocycles. The van der Waals surface area contributed by atoms with Crippen LogP contribution in [0.3, 0.4) is 0 Å². The van der Waals surface area contributed by atoms with Gasteiger partial charge in [0.05, 0.1) is 0 Å². The van der Waals surface area contributed by atoms with Crippen LogP contribution < -0.4 is 0 Å². The highest BCUT2D eigenvalue weighted by Crippen LogP contribution is 2.34. The first-order valence-electron chi connectivity index (χ1n) is 4.09. The summed E-state index contributed by atoms with van der Waals surface area (Å²) in [5, 5.41) is 0. The Morgan fingerprint density at radius 3 is 3.18 bits per heavy atom. The monoisotopic (exact) mass is 151 g/mol. The summed E-state index contributed by atoms with van der Waals surface area (Å²) in [6.07, 6.45) is 6.71. The largest absolute Gasteiger partial charge is 0.475 e. The normalized spacial score (nSPS) is 41.3. The lowest BCUT2D eigenvalue weighted by atomic mass is 9.86. The van der Waals surface area contributed by atoms with Crippen molar-refractivity contribution in [2.45, 2.75) is 38.3 Å². The SMILES string of the molecule is CC1=N[C@]2(C)CC=CC[C@@H]2O1. The molecule has 0 spiro atoms. The highest BCUT2D eigenvalue weighted by Gasteiger charge is 2.40. The molecule has 0 aromatic rings. The molecule has 2 atom stereocenters. The van der Waals surface area contributed by atoms with Crippen molar-refractivity contribution in [3.8, 4) is 0 Å². The lowest BCUT2D eigenvalue weighted by Crippen LogP contribution is -2.35. The number of fused-ring (bicyclic) bond motifs is 1. The van der Waals surface area contributed by atoms with Gasteiger partial charge in [-0.05, 0) is 13.3 Å². The summed E-state index contributed by atoms with van der Waals surface area (Å²) >= 11 is 0. The Hall–Kier alpha value is -0.790. The van der Waals surface area contributed by atoms with E-state index in [1.807, 2.05) is 6.92 Å². The van der Waals surface area contributed by atoms with Crippen molar-refractivity contribution in [3.63, 3.8) is 0 Å². The quantitative estimate of drug-likeness (QED) is 0.485. The molecule has 0 aromatic carbocycles. The van der Waals surface area contributed by atoms with Gasteiger partial charge in [-0.1, -0.05) is 12.2 Å². The molecule has 0 saturated carbocycles. The molecule has 2 aliphatic rings. The summed E-state index contributed by atoms with van der Waals surface area (Å²) in [6.45, 7) is 4.10. The summed E-state index contributed by atoms with van der Waals surface area (Å²) < 4.78 is 5.57. The highest BCUT2D eigenvalue weighted by molar-refractivity contribution is 5.76. The van der Waals surface area contributed by atoms with Gasteiger partial charge < -0.3 is 4.74 Å². The van der Waals surface area contributed by atoms with Crippen molar-refractivity contribution in [1.82, 2.24) is 0 Å². The lowest BCUT2D eigenvalue weighted by molar-refractivity contribution is 0.142. The van der Waals surface area contributed by atoms with Crippen LogP contribution in [0.1, 0.15) is 26.7 Å². The predicted octanol–water partition coefficient (Wildman–Crippen LogP) is 1.91. The molecule has 0 fully saturated rings.